The summed E-state index contributed by atoms with van der Waals surface area (Å²) in [6.45, 7) is 0. The molecule has 0 aromatic heterocycles. The normalized spacial score (nSPS) is 13.3. The van der Waals surface area contributed by atoms with Crippen LogP contribution in [-0.2, 0) is 4.74 Å². The van der Waals surface area contributed by atoms with Gasteiger partial charge in [-0.1, -0.05) is 12.1 Å². The third-order valence-corrected chi connectivity index (χ3v) is 2.46. The number of ether oxygens (including phenoxy) is 1. The molecule has 20 heavy (non-hydrogen) atoms. The van der Waals surface area contributed by atoms with Crippen molar-refractivity contribution in [1.29, 1.82) is 0 Å². The minimum atomic E-state index is -5.74. The quantitative estimate of drug-likeness (QED) is 0.688. The number of halogens is 6. The third-order valence-electron chi connectivity index (χ3n) is 2.46. The van der Waals surface area contributed by atoms with E-state index in [1.807, 2.05) is 0 Å². The molecule has 0 heterocycles. The number of esters is 1. The van der Waals surface area contributed by atoms with Crippen molar-refractivity contribution in [3.63, 3.8) is 0 Å². The van der Waals surface area contributed by atoms with Gasteiger partial charge in [0.2, 0.25) is 0 Å². The Balaban J connectivity index is 0.00000361. The van der Waals surface area contributed by atoms with Crippen LogP contribution in [0.25, 0.3) is 0 Å². The van der Waals surface area contributed by atoms with E-state index in [0.717, 1.165) is 31.4 Å². The Hall–Kier alpha value is -1.41. The molecule has 0 aliphatic heterocycles. The molecule has 0 spiro atoms. The van der Waals surface area contributed by atoms with Crippen molar-refractivity contribution in [2.75, 3.05) is 7.11 Å². The fraction of sp³-hybridized carbons (Fsp3) is 0.364. The Kier molecular flexibility index (Phi) is 5.91. The van der Waals surface area contributed by atoms with Gasteiger partial charge in [-0.15, -0.1) is 12.4 Å². The van der Waals surface area contributed by atoms with Gasteiger partial charge in [0, 0.05) is 0 Å². The second-order valence-electron chi connectivity index (χ2n) is 3.71. The van der Waals surface area contributed by atoms with Crippen molar-refractivity contribution >= 4 is 18.4 Å². The van der Waals surface area contributed by atoms with Crippen LogP contribution in [0.5, 0.6) is 0 Å². The Labute approximate surface area is 117 Å². The van der Waals surface area contributed by atoms with Crippen LogP contribution >= 0.6 is 12.4 Å². The van der Waals surface area contributed by atoms with E-state index in [-0.39, 0.29) is 18.0 Å². The second-order valence-corrected chi connectivity index (χ2v) is 3.71. The summed E-state index contributed by atoms with van der Waals surface area (Å²) < 4.78 is 66.7. The summed E-state index contributed by atoms with van der Waals surface area (Å²) in [4.78, 5) is 11.1. The first-order valence-corrected chi connectivity index (χ1v) is 4.99. The summed E-state index contributed by atoms with van der Waals surface area (Å²) in [5.74, 6) is -5.79. The summed E-state index contributed by atoms with van der Waals surface area (Å²) >= 11 is 0. The average molecular weight is 320 g/mol. The molecule has 1 aromatic rings. The summed E-state index contributed by atoms with van der Waals surface area (Å²) in [6, 6.07) is 1.44. The smallest absolute Gasteiger partial charge is 0.455 e. The Morgan fingerprint density at radius 1 is 1.15 bits per heavy atom. The molecular weight excluding hydrogens is 309 g/mol. The van der Waals surface area contributed by atoms with Crippen molar-refractivity contribution in [2.24, 2.45) is 5.73 Å². The molecule has 9 heteroatoms. The molecule has 1 aromatic carbocycles. The number of carbonyl (C=O) groups excluding carboxylic acids is 1. The van der Waals surface area contributed by atoms with Crippen LogP contribution < -0.4 is 5.73 Å². The maximum Gasteiger partial charge on any atom is 0.455 e. The number of nitrogens with two attached hydrogens (primary N) is 1. The molecule has 0 amide bonds. The number of hydrogen-bond acceptors (Lipinski definition) is 3. The van der Waals surface area contributed by atoms with Crippen LogP contribution in [0.3, 0.4) is 0 Å². The fourth-order valence-corrected chi connectivity index (χ4v) is 1.33. The molecule has 2 N–H and O–H groups in total. The van der Waals surface area contributed by atoms with E-state index < -0.39 is 29.7 Å². The summed E-state index contributed by atoms with van der Waals surface area (Å²) in [5, 5.41) is 0. The van der Waals surface area contributed by atoms with E-state index in [1.165, 1.54) is 0 Å². The number of alkyl halides is 5. The molecule has 0 bridgehead atoms. The molecule has 0 saturated carbocycles. The van der Waals surface area contributed by atoms with Crippen molar-refractivity contribution in [3.8, 4) is 0 Å². The van der Waals surface area contributed by atoms with Gasteiger partial charge in [-0.25, -0.2) is 4.79 Å². The van der Waals surface area contributed by atoms with Crippen molar-refractivity contribution in [1.82, 2.24) is 0 Å². The van der Waals surface area contributed by atoms with E-state index in [9.17, 15) is 26.7 Å². The number of benzene rings is 1. The maximum absolute atomic E-state index is 13.0. The van der Waals surface area contributed by atoms with Crippen molar-refractivity contribution in [3.05, 3.63) is 35.4 Å². The first-order chi connectivity index (χ1) is 8.61. The lowest BCUT2D eigenvalue weighted by Gasteiger charge is -2.25. The minimum absolute atomic E-state index is 0. The maximum atomic E-state index is 13.0. The number of methoxy groups -OCH3 is 1. The van der Waals surface area contributed by atoms with E-state index in [0.29, 0.717) is 0 Å². The van der Waals surface area contributed by atoms with Gasteiger partial charge in [0.1, 0.15) is 6.04 Å². The Morgan fingerprint density at radius 2 is 1.60 bits per heavy atom. The van der Waals surface area contributed by atoms with Crippen molar-refractivity contribution < 1.29 is 31.5 Å². The second kappa shape index (κ2) is 6.36. The lowest BCUT2D eigenvalue weighted by molar-refractivity contribution is -0.291. The van der Waals surface area contributed by atoms with Crippen LogP contribution in [0, 0.1) is 0 Å². The summed E-state index contributed by atoms with van der Waals surface area (Å²) in [5.41, 5.74) is 4.52. The monoisotopic (exact) mass is 319 g/mol. The van der Waals surface area contributed by atoms with Crippen LogP contribution in [0.2, 0.25) is 0 Å². The van der Waals surface area contributed by atoms with E-state index >= 15 is 0 Å². The van der Waals surface area contributed by atoms with Gasteiger partial charge in [0.15, 0.2) is 0 Å². The van der Waals surface area contributed by atoms with Crippen LogP contribution in [0.1, 0.15) is 22.0 Å². The van der Waals surface area contributed by atoms with Crippen LogP contribution in [-0.4, -0.2) is 25.2 Å². The molecular formula is C11H11ClF5NO2. The lowest BCUT2D eigenvalue weighted by atomic mass is 10.00. The Morgan fingerprint density at radius 3 is 1.95 bits per heavy atom. The number of hydrogen-bond donors (Lipinski definition) is 1. The topological polar surface area (TPSA) is 52.3 Å². The fourth-order valence-electron chi connectivity index (χ4n) is 1.33. The standard InChI is InChI=1S/C11H10F5NO2.ClH/c1-19-9(18)7-4-2-6(3-5-7)8(17)10(12,13)11(14,15)16;/h2-5,8H,17H2,1H3;1H/t8-;/m1./s1. The molecule has 0 aliphatic rings. The highest BCUT2D eigenvalue weighted by molar-refractivity contribution is 5.89. The Bertz CT molecular complexity index is 461. The van der Waals surface area contributed by atoms with Gasteiger partial charge >= 0.3 is 18.1 Å². The third kappa shape index (κ3) is 3.57. The predicted octanol–water partition coefficient (Wildman–Crippen LogP) is 3.09. The van der Waals surface area contributed by atoms with E-state index in [4.69, 9.17) is 5.73 Å². The molecule has 114 valence electrons. The van der Waals surface area contributed by atoms with Crippen molar-refractivity contribution in [2.45, 2.75) is 18.1 Å². The average Bonchev–Trinajstić information content (AvgIpc) is 2.35. The van der Waals surface area contributed by atoms with Gasteiger partial charge < -0.3 is 10.5 Å². The lowest BCUT2D eigenvalue weighted by Crippen LogP contribution is -2.45. The molecule has 0 saturated heterocycles. The highest BCUT2D eigenvalue weighted by Crippen LogP contribution is 2.43. The van der Waals surface area contributed by atoms with E-state index in [2.05, 4.69) is 4.74 Å². The number of carbonyl (C=O) groups is 1. The highest BCUT2D eigenvalue weighted by Gasteiger charge is 2.61. The molecule has 1 atom stereocenters. The summed E-state index contributed by atoms with van der Waals surface area (Å²) in [7, 11) is 1.11. The van der Waals surface area contributed by atoms with Crippen LogP contribution in [0.15, 0.2) is 24.3 Å². The molecule has 0 radical (unpaired) electrons. The molecule has 1 rings (SSSR count). The van der Waals surface area contributed by atoms with Gasteiger partial charge in [0.05, 0.1) is 12.7 Å². The highest BCUT2D eigenvalue weighted by atomic mass is 35.5. The first-order valence-electron chi connectivity index (χ1n) is 4.99. The van der Waals surface area contributed by atoms with Gasteiger partial charge in [-0.05, 0) is 17.7 Å². The number of rotatable bonds is 3. The summed E-state index contributed by atoms with van der Waals surface area (Å²) in [6.07, 6.45) is -5.74. The zero-order chi connectivity index (χ0) is 14.8. The molecule has 0 aliphatic carbocycles. The van der Waals surface area contributed by atoms with Gasteiger partial charge in [0.25, 0.3) is 0 Å². The van der Waals surface area contributed by atoms with Crippen LogP contribution in [0.4, 0.5) is 22.0 Å². The molecule has 0 unspecified atom stereocenters. The van der Waals surface area contributed by atoms with Gasteiger partial charge in [-0.3, -0.25) is 0 Å². The first kappa shape index (κ1) is 18.6. The SMILES string of the molecule is COC(=O)c1ccc([C@@H](N)C(F)(F)C(F)(F)F)cc1.Cl. The minimum Gasteiger partial charge on any atom is -0.465 e. The van der Waals surface area contributed by atoms with Gasteiger partial charge in [-0.2, -0.15) is 22.0 Å². The zero-order valence-electron chi connectivity index (χ0n) is 10.1. The predicted molar refractivity (Wildman–Crippen MR) is 63.0 cm³/mol. The molecule has 0 fully saturated rings. The largest absolute Gasteiger partial charge is 0.465 e. The zero-order valence-corrected chi connectivity index (χ0v) is 10.9. The van der Waals surface area contributed by atoms with E-state index in [1.54, 1.807) is 0 Å². The molecule has 3 nitrogen and oxygen atoms in total.